The minimum Gasteiger partial charge on any atom is -0.330 e. The highest BCUT2D eigenvalue weighted by Gasteiger charge is 2.02. The van der Waals surface area contributed by atoms with Crippen molar-refractivity contribution >= 4 is 0 Å². The molecule has 0 atom stereocenters. The van der Waals surface area contributed by atoms with Gasteiger partial charge in [0.2, 0.25) is 0 Å². The Morgan fingerprint density at radius 3 is 0.100 bits per heavy atom. The summed E-state index contributed by atoms with van der Waals surface area (Å²) in [4.78, 5) is 0. The Labute approximate surface area is 818 Å². The summed E-state index contributed by atoms with van der Waals surface area (Å²) in [6.07, 6.45) is 122. The maximum atomic E-state index is 5.50. The van der Waals surface area contributed by atoms with E-state index in [0.717, 1.165) is 143 Å². The summed E-state index contributed by atoms with van der Waals surface area (Å²) >= 11 is 0. The van der Waals surface area contributed by atoms with Crippen LogP contribution in [0.2, 0.25) is 0 Å². The van der Waals surface area contributed by atoms with Crippen LogP contribution in [0.15, 0.2) is 0 Å². The van der Waals surface area contributed by atoms with Crippen LogP contribution in [0.1, 0.15) is 578 Å². The van der Waals surface area contributed by atoms with Crippen LogP contribution in [0, 0.1) is 0 Å². The van der Waals surface area contributed by atoms with Crippen LogP contribution in [-0.4, -0.2) is 131 Å². The van der Waals surface area contributed by atoms with Crippen molar-refractivity contribution in [3.8, 4) is 0 Å². The molecule has 0 bridgehead atoms. The summed E-state index contributed by atoms with van der Waals surface area (Å²) in [5.74, 6) is 0. The first kappa shape index (κ1) is 149. The van der Waals surface area contributed by atoms with Crippen LogP contribution in [0.25, 0.3) is 0 Å². The fourth-order valence-corrected chi connectivity index (χ4v) is 15.3. The predicted octanol–water partition coefficient (Wildman–Crippen LogP) is 24.1. The van der Waals surface area contributed by atoms with Crippen molar-refractivity contribution in [2.75, 3.05) is 131 Å². The molecule has 0 aromatic rings. The molecule has 0 unspecified atom stereocenters. The van der Waals surface area contributed by atoms with E-state index in [1.807, 2.05) is 0 Å². The average molecular weight is 1860 g/mol. The van der Waals surface area contributed by atoms with Crippen molar-refractivity contribution in [3.63, 3.8) is 0 Å². The Hall–Kier alpha value is -0.800. The van der Waals surface area contributed by atoms with E-state index in [0.29, 0.717) is 13.1 Å². The molecule has 0 saturated heterocycles. The lowest BCUT2D eigenvalue weighted by molar-refractivity contribution is 0.524. The molecule has 20 heteroatoms. The monoisotopic (exact) mass is 1860 g/mol. The molecule has 130 heavy (non-hydrogen) atoms. The molecule has 800 valence electrons. The van der Waals surface area contributed by atoms with Gasteiger partial charge in [-0.15, -0.1) is 0 Å². The van der Waals surface area contributed by atoms with Crippen LogP contribution < -0.4 is 115 Å². The zero-order valence-electron chi connectivity index (χ0n) is 89.3. The van der Waals surface area contributed by atoms with Gasteiger partial charge in [0.25, 0.3) is 0 Å². The molecule has 20 nitrogen and oxygen atoms in total. The largest absolute Gasteiger partial charge is 0.330 e. The molecular formula is C110H260N20. The lowest BCUT2D eigenvalue weighted by atomic mass is 10.0. The average Bonchev–Trinajstić information content (AvgIpc) is 1.25. The van der Waals surface area contributed by atoms with Crippen molar-refractivity contribution < 1.29 is 0 Å². The molecular weight excluding hydrogens is 1600 g/mol. The normalized spacial score (nSPS) is 10.6. The zero-order valence-corrected chi connectivity index (χ0v) is 89.3. The van der Waals surface area contributed by atoms with Gasteiger partial charge < -0.3 is 115 Å². The molecule has 40 N–H and O–H groups in total. The molecule has 0 aliphatic carbocycles. The van der Waals surface area contributed by atoms with Gasteiger partial charge in [0.05, 0.1) is 0 Å². The molecule has 0 aromatic heterocycles. The Morgan fingerprint density at radius 1 is 0.0385 bits per heavy atom. The maximum Gasteiger partial charge on any atom is 0.00461 e. The van der Waals surface area contributed by atoms with Gasteiger partial charge >= 0.3 is 0 Å². The Bertz CT molecular complexity index is 1460. The van der Waals surface area contributed by atoms with E-state index in [1.54, 1.807) is 0 Å². The molecule has 0 amide bonds. The first-order valence-corrected chi connectivity index (χ1v) is 58.2. The molecule has 0 fully saturated rings. The molecule has 0 heterocycles. The van der Waals surface area contributed by atoms with Gasteiger partial charge in [-0.1, -0.05) is 462 Å². The molecule has 0 radical (unpaired) electrons. The third-order valence-electron chi connectivity index (χ3n) is 24.1. The lowest BCUT2D eigenvalue weighted by Gasteiger charge is -2.03. The van der Waals surface area contributed by atoms with Gasteiger partial charge in [-0.3, -0.25) is 0 Å². The molecule has 0 spiro atoms. The molecule has 0 saturated carbocycles. The molecule has 0 aliphatic heterocycles. The minimum atomic E-state index is 0.597. The Balaban J connectivity index is -0.000000158. The molecule has 0 aliphatic rings. The minimum absolute atomic E-state index is 0.597. The van der Waals surface area contributed by atoms with Crippen molar-refractivity contribution in [1.82, 2.24) is 0 Å². The number of hydrogen-bond acceptors (Lipinski definition) is 20. The van der Waals surface area contributed by atoms with Crippen LogP contribution in [0.5, 0.6) is 0 Å². The number of unbranched alkanes of at least 4 members (excludes halogenated alkanes) is 81. The van der Waals surface area contributed by atoms with Crippen LogP contribution in [0.4, 0.5) is 0 Å². The van der Waals surface area contributed by atoms with E-state index in [4.69, 9.17) is 115 Å². The van der Waals surface area contributed by atoms with Crippen LogP contribution >= 0.6 is 0 Å². The van der Waals surface area contributed by atoms with E-state index in [-0.39, 0.29) is 0 Å². The fraction of sp³-hybridized carbons (Fsp3) is 1.00. The topological polar surface area (TPSA) is 520 Å². The highest BCUT2D eigenvalue weighted by Crippen LogP contribution is 2.19. The Morgan fingerprint density at radius 2 is 0.0692 bits per heavy atom. The van der Waals surface area contributed by atoms with Crippen LogP contribution in [-0.2, 0) is 0 Å². The van der Waals surface area contributed by atoms with Crippen LogP contribution in [0.3, 0.4) is 0 Å². The van der Waals surface area contributed by atoms with Gasteiger partial charge in [-0.2, -0.15) is 0 Å². The van der Waals surface area contributed by atoms with Crippen molar-refractivity contribution in [3.05, 3.63) is 0 Å². The fourth-order valence-electron chi connectivity index (χ4n) is 15.3. The summed E-state index contributed by atoms with van der Waals surface area (Å²) in [5, 5.41) is 0. The van der Waals surface area contributed by atoms with E-state index < -0.39 is 0 Å². The second-order valence-corrected chi connectivity index (χ2v) is 37.6. The van der Waals surface area contributed by atoms with E-state index in [1.165, 1.54) is 552 Å². The second-order valence-electron chi connectivity index (χ2n) is 37.6. The Kier molecular flexibility index (Phi) is 200. The SMILES string of the molecule is NCCCCCCCCCCCCCCCCCCCCN.NCCCCCCCCCCCCCCCCCCN.NCCCCCCCCCCCCCCCCN.NCCCCCCCCCCCCCCN.NCCCCCCCCCCCCN.NCCCCCCCCCCN.NCCCCCCCCN.NCCCCCCN.NCCCCN.NCCN. The van der Waals surface area contributed by atoms with Crippen molar-refractivity contribution in [1.29, 1.82) is 0 Å². The quantitative estimate of drug-likeness (QED) is 0.0251. The van der Waals surface area contributed by atoms with Crippen molar-refractivity contribution in [2.45, 2.75) is 578 Å². The number of nitrogens with two attached hydrogens (primary N) is 20. The standard InChI is InChI=1S/C20H44N2.C18H40N2.C16H36N2.C14H32N2.C12H28N2.C10H24N2.C8H20N2.C6H16N2.C4H12N2.C2H8N2/c21-19-17-15-13-11-9-7-5-3-1-2-4-6-8-10-12-14-16-18-20-22;19-17-15-13-11-9-7-5-3-1-2-4-6-8-10-12-14-16-18-20;17-15-13-11-9-7-5-3-1-2-4-6-8-10-12-14-16-18;15-13-11-9-7-5-3-1-2-4-6-8-10-12-14-16;13-11-9-7-5-3-1-2-4-6-8-10-12-14;11-9-7-5-3-1-2-4-6-8-10-12;9-7-5-3-1-2-4-6-8-10;7-5-3-1-2-4-6-8;5-3-1-2-4-6;3-1-2-4/h1-22H2;1-20H2;1-18H2;1-16H2;1-14H2;1-12H2;1-10H2;1-8H2;1-6H2;1-4H2. The van der Waals surface area contributed by atoms with Gasteiger partial charge in [0, 0.05) is 13.1 Å². The van der Waals surface area contributed by atoms with Gasteiger partial charge in [0.1, 0.15) is 0 Å². The van der Waals surface area contributed by atoms with E-state index >= 15 is 0 Å². The van der Waals surface area contributed by atoms with Gasteiger partial charge in [0.15, 0.2) is 0 Å². The summed E-state index contributed by atoms with van der Waals surface area (Å²) in [5.41, 5.74) is 107. The highest BCUT2D eigenvalue weighted by molar-refractivity contribution is 4.59. The number of rotatable bonds is 100. The van der Waals surface area contributed by atoms with E-state index in [2.05, 4.69) is 0 Å². The smallest absolute Gasteiger partial charge is 0.00461 e. The summed E-state index contributed by atoms with van der Waals surface area (Å²) in [7, 11) is 0. The summed E-state index contributed by atoms with van der Waals surface area (Å²) < 4.78 is 0. The first-order valence-electron chi connectivity index (χ1n) is 58.2. The second kappa shape index (κ2) is 174. The third kappa shape index (κ3) is 206. The van der Waals surface area contributed by atoms with E-state index in [9.17, 15) is 0 Å². The predicted molar refractivity (Wildman–Crippen MR) is 597 cm³/mol. The highest BCUT2D eigenvalue weighted by atomic mass is 14.6. The maximum absolute atomic E-state index is 5.50. The van der Waals surface area contributed by atoms with Gasteiger partial charge in [-0.25, -0.2) is 0 Å². The molecule has 0 rings (SSSR count). The van der Waals surface area contributed by atoms with Gasteiger partial charge in [-0.05, 0) is 233 Å². The van der Waals surface area contributed by atoms with Crippen molar-refractivity contribution in [2.24, 2.45) is 115 Å². The summed E-state index contributed by atoms with van der Waals surface area (Å²) in [6, 6.07) is 0. The zero-order chi connectivity index (χ0) is 97.8. The first-order chi connectivity index (χ1) is 64.1. The third-order valence-corrected chi connectivity index (χ3v) is 24.1. The molecule has 0 aromatic carbocycles. The lowest BCUT2D eigenvalue weighted by Crippen LogP contribution is -2.11. The number of hydrogen-bond donors (Lipinski definition) is 20. The summed E-state index contributed by atoms with van der Waals surface area (Å²) in [6.45, 7) is 16.4.